The minimum atomic E-state index is 0.765. The lowest BCUT2D eigenvalue weighted by molar-refractivity contribution is 0.395. The molecule has 0 aliphatic carbocycles. The summed E-state index contributed by atoms with van der Waals surface area (Å²) in [4.78, 5) is 0. The zero-order chi connectivity index (χ0) is 11.9. The third-order valence-corrected chi connectivity index (χ3v) is 4.52. The van der Waals surface area contributed by atoms with Gasteiger partial charge in [-0.2, -0.15) is 11.8 Å². The van der Waals surface area contributed by atoms with E-state index in [9.17, 15) is 0 Å². The van der Waals surface area contributed by atoms with Gasteiger partial charge in [0.25, 0.3) is 0 Å². The molecule has 0 amide bonds. The van der Waals surface area contributed by atoms with Crippen LogP contribution in [0.3, 0.4) is 0 Å². The van der Waals surface area contributed by atoms with E-state index < -0.39 is 0 Å². The topological polar surface area (TPSA) is 12.0 Å². The van der Waals surface area contributed by atoms with E-state index in [2.05, 4.69) is 17.4 Å². The Kier molecular flexibility index (Phi) is 5.69. The van der Waals surface area contributed by atoms with Crippen molar-refractivity contribution in [3.63, 3.8) is 0 Å². The Bertz CT molecular complexity index is 319. The van der Waals surface area contributed by atoms with Crippen molar-refractivity contribution in [1.82, 2.24) is 5.32 Å². The van der Waals surface area contributed by atoms with Crippen LogP contribution in [0.1, 0.15) is 31.2 Å². The van der Waals surface area contributed by atoms with Gasteiger partial charge >= 0.3 is 0 Å². The summed E-state index contributed by atoms with van der Waals surface area (Å²) in [6, 6.07) is 8.95. The molecule has 1 nitrogen and oxygen atoms in total. The molecule has 94 valence electrons. The zero-order valence-electron chi connectivity index (χ0n) is 10.1. The molecule has 1 heterocycles. The van der Waals surface area contributed by atoms with Crippen LogP contribution < -0.4 is 5.32 Å². The first-order chi connectivity index (χ1) is 8.34. The quantitative estimate of drug-likeness (QED) is 0.808. The Morgan fingerprint density at radius 1 is 1.24 bits per heavy atom. The van der Waals surface area contributed by atoms with E-state index in [0.717, 1.165) is 16.8 Å². The highest BCUT2D eigenvalue weighted by atomic mass is 35.5. The van der Waals surface area contributed by atoms with Gasteiger partial charge in [0.05, 0.1) is 0 Å². The van der Waals surface area contributed by atoms with Crippen molar-refractivity contribution < 1.29 is 0 Å². The van der Waals surface area contributed by atoms with Crippen molar-refractivity contribution in [2.45, 2.75) is 37.5 Å². The Hall–Kier alpha value is -0.180. The van der Waals surface area contributed by atoms with Gasteiger partial charge in [-0.1, -0.05) is 30.2 Å². The highest BCUT2D eigenvalue weighted by Crippen LogP contribution is 2.18. The van der Waals surface area contributed by atoms with Crippen LogP contribution in [0.25, 0.3) is 0 Å². The van der Waals surface area contributed by atoms with E-state index in [-0.39, 0.29) is 0 Å². The van der Waals surface area contributed by atoms with Gasteiger partial charge in [0.1, 0.15) is 0 Å². The fourth-order valence-corrected chi connectivity index (χ4v) is 3.32. The van der Waals surface area contributed by atoms with Gasteiger partial charge < -0.3 is 5.32 Å². The van der Waals surface area contributed by atoms with Crippen LogP contribution >= 0.6 is 23.4 Å². The molecular weight excluding hydrogens is 250 g/mol. The third kappa shape index (κ3) is 4.90. The van der Waals surface area contributed by atoms with Gasteiger partial charge in [0, 0.05) is 16.8 Å². The van der Waals surface area contributed by atoms with E-state index in [1.807, 2.05) is 23.9 Å². The van der Waals surface area contributed by atoms with Crippen LogP contribution in [0.2, 0.25) is 5.02 Å². The number of piperidine rings is 1. The summed E-state index contributed by atoms with van der Waals surface area (Å²) < 4.78 is 0. The van der Waals surface area contributed by atoms with Crippen molar-refractivity contribution >= 4 is 23.4 Å². The number of rotatable bonds is 5. The molecule has 17 heavy (non-hydrogen) atoms. The molecule has 1 aromatic carbocycles. The van der Waals surface area contributed by atoms with Gasteiger partial charge in [-0.3, -0.25) is 0 Å². The molecule has 0 bridgehead atoms. The van der Waals surface area contributed by atoms with Crippen LogP contribution in [-0.4, -0.2) is 18.3 Å². The van der Waals surface area contributed by atoms with Crippen molar-refractivity contribution in [3.8, 4) is 0 Å². The second kappa shape index (κ2) is 7.30. The van der Waals surface area contributed by atoms with Gasteiger partial charge in [0.2, 0.25) is 0 Å². The lowest BCUT2D eigenvalue weighted by atomic mass is 10.0. The maximum absolute atomic E-state index is 5.86. The first-order valence-corrected chi connectivity index (χ1v) is 7.93. The summed E-state index contributed by atoms with van der Waals surface area (Å²) in [6.07, 6.45) is 5.42. The van der Waals surface area contributed by atoms with Crippen LogP contribution in [0.15, 0.2) is 24.3 Å². The fraction of sp³-hybridized carbons (Fsp3) is 0.571. The molecule has 0 radical (unpaired) electrons. The first-order valence-electron chi connectivity index (χ1n) is 6.40. The molecule has 1 aliphatic rings. The summed E-state index contributed by atoms with van der Waals surface area (Å²) in [5.74, 6) is 2.35. The average molecular weight is 270 g/mol. The Morgan fingerprint density at radius 2 is 2.06 bits per heavy atom. The minimum absolute atomic E-state index is 0.765. The predicted molar refractivity (Wildman–Crippen MR) is 77.9 cm³/mol. The number of hydrogen-bond acceptors (Lipinski definition) is 2. The number of nitrogens with one attached hydrogen (secondary N) is 1. The SMILES string of the molecule is Clc1ccc(CSCCC2CCCCN2)cc1. The molecule has 0 spiro atoms. The molecule has 1 N–H and O–H groups in total. The van der Waals surface area contributed by atoms with Crippen molar-refractivity contribution in [2.75, 3.05) is 12.3 Å². The molecule has 1 atom stereocenters. The molecule has 2 rings (SSSR count). The summed E-state index contributed by atoms with van der Waals surface area (Å²) >= 11 is 7.88. The normalized spacial score (nSPS) is 20.4. The second-order valence-electron chi connectivity index (χ2n) is 4.61. The number of halogens is 1. The highest BCUT2D eigenvalue weighted by Gasteiger charge is 2.11. The fourth-order valence-electron chi connectivity index (χ4n) is 2.17. The minimum Gasteiger partial charge on any atom is -0.314 e. The maximum atomic E-state index is 5.86. The van der Waals surface area contributed by atoms with Gasteiger partial charge in [-0.15, -0.1) is 0 Å². The number of hydrogen-bond donors (Lipinski definition) is 1. The van der Waals surface area contributed by atoms with Crippen LogP contribution in [-0.2, 0) is 5.75 Å². The van der Waals surface area contributed by atoms with Crippen molar-refractivity contribution in [2.24, 2.45) is 0 Å². The smallest absolute Gasteiger partial charge is 0.0406 e. The molecule has 1 fully saturated rings. The van der Waals surface area contributed by atoms with E-state index in [0.29, 0.717) is 0 Å². The van der Waals surface area contributed by atoms with E-state index in [4.69, 9.17) is 11.6 Å². The third-order valence-electron chi connectivity index (χ3n) is 3.21. The summed E-state index contributed by atoms with van der Waals surface area (Å²) in [5, 5.41) is 4.42. The Balaban J connectivity index is 1.60. The number of thioether (sulfide) groups is 1. The van der Waals surface area contributed by atoms with Crippen LogP contribution in [0.5, 0.6) is 0 Å². The van der Waals surface area contributed by atoms with E-state index in [1.165, 1.54) is 43.5 Å². The lowest BCUT2D eigenvalue weighted by Gasteiger charge is -2.23. The molecule has 0 aromatic heterocycles. The standard InChI is InChI=1S/C14H20ClNS/c15-13-6-4-12(5-7-13)11-17-10-8-14-3-1-2-9-16-14/h4-7,14,16H,1-3,8-11H2. The van der Waals surface area contributed by atoms with Gasteiger partial charge in [0.15, 0.2) is 0 Å². The zero-order valence-corrected chi connectivity index (χ0v) is 11.7. The monoisotopic (exact) mass is 269 g/mol. The van der Waals surface area contributed by atoms with E-state index in [1.54, 1.807) is 0 Å². The largest absolute Gasteiger partial charge is 0.314 e. The van der Waals surface area contributed by atoms with Gasteiger partial charge in [-0.05, 0) is 49.3 Å². The molecular formula is C14H20ClNS. The predicted octanol–water partition coefficient (Wildman–Crippen LogP) is 4.11. The highest BCUT2D eigenvalue weighted by molar-refractivity contribution is 7.98. The van der Waals surface area contributed by atoms with Crippen LogP contribution in [0, 0.1) is 0 Å². The van der Waals surface area contributed by atoms with Gasteiger partial charge in [-0.25, -0.2) is 0 Å². The summed E-state index contributed by atoms with van der Waals surface area (Å²) in [7, 11) is 0. The average Bonchev–Trinajstić information content (AvgIpc) is 2.38. The van der Waals surface area contributed by atoms with E-state index >= 15 is 0 Å². The molecule has 1 aromatic rings. The molecule has 3 heteroatoms. The Labute approximate surface area is 113 Å². The number of benzene rings is 1. The first kappa shape index (κ1) is 13.3. The summed E-state index contributed by atoms with van der Waals surface area (Å²) in [6.45, 7) is 1.21. The van der Waals surface area contributed by atoms with Crippen LogP contribution in [0.4, 0.5) is 0 Å². The molecule has 1 saturated heterocycles. The second-order valence-corrected chi connectivity index (χ2v) is 6.16. The molecule has 1 aliphatic heterocycles. The molecule has 0 saturated carbocycles. The van der Waals surface area contributed by atoms with Crippen molar-refractivity contribution in [3.05, 3.63) is 34.9 Å². The lowest BCUT2D eigenvalue weighted by Crippen LogP contribution is -2.34. The molecule has 1 unspecified atom stereocenters. The van der Waals surface area contributed by atoms with Crippen molar-refractivity contribution in [1.29, 1.82) is 0 Å². The Morgan fingerprint density at radius 3 is 2.76 bits per heavy atom. The summed E-state index contributed by atoms with van der Waals surface area (Å²) in [5.41, 5.74) is 1.37. The maximum Gasteiger partial charge on any atom is 0.0406 e.